The Bertz CT molecular complexity index is 677. The molecule has 0 aliphatic carbocycles. The number of nitrogens with one attached hydrogen (secondary N) is 1. The third kappa shape index (κ3) is 3.31. The molecule has 0 atom stereocenters. The lowest BCUT2D eigenvalue weighted by atomic mass is 10.0. The SMILES string of the molecule is C=C(C#N)C(=O)C1=CCc2cc(OCCF)c(Br)cc2N1. The number of benzene rings is 1. The molecule has 1 aliphatic rings. The summed E-state index contributed by atoms with van der Waals surface area (Å²) in [6, 6.07) is 5.29. The van der Waals surface area contributed by atoms with Crippen LogP contribution in [0.4, 0.5) is 10.1 Å². The summed E-state index contributed by atoms with van der Waals surface area (Å²) in [6.45, 7) is 2.85. The number of ketones is 1. The molecule has 0 amide bonds. The van der Waals surface area contributed by atoms with Crippen LogP contribution in [-0.4, -0.2) is 19.1 Å². The van der Waals surface area contributed by atoms with Crippen molar-refractivity contribution in [2.24, 2.45) is 0 Å². The number of nitrogens with zero attached hydrogens (tertiary/aromatic N) is 1. The largest absolute Gasteiger partial charge is 0.490 e. The number of carbonyl (C=O) groups is 1. The number of carbonyl (C=O) groups excluding carboxylic acids is 1. The van der Waals surface area contributed by atoms with Crippen LogP contribution in [0.3, 0.4) is 0 Å². The quantitative estimate of drug-likeness (QED) is 0.653. The zero-order valence-corrected chi connectivity index (χ0v) is 12.7. The van der Waals surface area contributed by atoms with Crippen molar-refractivity contribution in [1.82, 2.24) is 0 Å². The highest BCUT2D eigenvalue weighted by molar-refractivity contribution is 9.10. The Labute approximate surface area is 130 Å². The summed E-state index contributed by atoms with van der Waals surface area (Å²) >= 11 is 3.34. The van der Waals surface area contributed by atoms with Crippen molar-refractivity contribution in [1.29, 1.82) is 5.26 Å². The molecule has 0 aromatic heterocycles. The number of alkyl halides is 1. The average Bonchev–Trinajstić information content (AvgIpc) is 2.50. The number of rotatable bonds is 5. The number of hydrogen-bond acceptors (Lipinski definition) is 4. The van der Waals surface area contributed by atoms with Gasteiger partial charge in [0.1, 0.15) is 25.1 Å². The van der Waals surface area contributed by atoms with Gasteiger partial charge < -0.3 is 10.1 Å². The van der Waals surface area contributed by atoms with Gasteiger partial charge in [0.2, 0.25) is 5.78 Å². The first-order valence-electron chi connectivity index (χ1n) is 6.19. The number of ether oxygens (including phenoxy) is 1. The third-order valence-electron chi connectivity index (χ3n) is 2.94. The molecule has 1 aliphatic heterocycles. The van der Waals surface area contributed by atoms with Gasteiger partial charge in [-0.2, -0.15) is 5.26 Å². The van der Waals surface area contributed by atoms with E-state index in [0.717, 1.165) is 11.3 Å². The second-order valence-corrected chi connectivity index (χ2v) is 5.20. The molecular weight excluding hydrogens is 339 g/mol. The number of allylic oxidation sites excluding steroid dienone is 2. The van der Waals surface area contributed by atoms with Gasteiger partial charge in [0.15, 0.2) is 0 Å². The molecule has 0 spiro atoms. The monoisotopic (exact) mass is 350 g/mol. The van der Waals surface area contributed by atoms with Gasteiger partial charge in [-0.15, -0.1) is 0 Å². The van der Waals surface area contributed by atoms with Crippen LogP contribution in [0.15, 0.2) is 40.5 Å². The maximum Gasteiger partial charge on any atom is 0.218 e. The predicted molar refractivity (Wildman–Crippen MR) is 80.8 cm³/mol. The Morgan fingerprint density at radius 1 is 1.57 bits per heavy atom. The summed E-state index contributed by atoms with van der Waals surface area (Å²) in [6.07, 6.45) is 2.21. The van der Waals surface area contributed by atoms with E-state index in [1.807, 2.05) is 0 Å². The number of fused-ring (bicyclic) bond motifs is 1. The molecule has 0 fully saturated rings. The molecule has 0 unspecified atom stereocenters. The summed E-state index contributed by atoms with van der Waals surface area (Å²) in [5.41, 5.74) is 1.88. The van der Waals surface area contributed by atoms with Gasteiger partial charge in [-0.05, 0) is 40.0 Å². The molecule has 21 heavy (non-hydrogen) atoms. The van der Waals surface area contributed by atoms with Crippen molar-refractivity contribution < 1.29 is 13.9 Å². The summed E-state index contributed by atoms with van der Waals surface area (Å²) in [4.78, 5) is 11.9. The van der Waals surface area contributed by atoms with Crippen molar-refractivity contribution in [3.05, 3.63) is 46.1 Å². The van der Waals surface area contributed by atoms with Crippen molar-refractivity contribution >= 4 is 27.4 Å². The zero-order chi connectivity index (χ0) is 15.4. The smallest absolute Gasteiger partial charge is 0.218 e. The van der Waals surface area contributed by atoms with Gasteiger partial charge in [-0.25, -0.2) is 4.39 Å². The van der Waals surface area contributed by atoms with Gasteiger partial charge in [0.05, 0.1) is 15.7 Å². The highest BCUT2D eigenvalue weighted by Gasteiger charge is 2.19. The van der Waals surface area contributed by atoms with E-state index in [2.05, 4.69) is 27.8 Å². The van der Waals surface area contributed by atoms with Gasteiger partial charge in [-0.3, -0.25) is 4.79 Å². The molecule has 0 bridgehead atoms. The fourth-order valence-electron chi connectivity index (χ4n) is 1.91. The lowest BCUT2D eigenvalue weighted by Crippen LogP contribution is -2.17. The van der Waals surface area contributed by atoms with Crippen LogP contribution < -0.4 is 10.1 Å². The van der Waals surface area contributed by atoms with E-state index in [1.54, 1.807) is 24.3 Å². The molecule has 2 rings (SSSR count). The highest BCUT2D eigenvalue weighted by atomic mass is 79.9. The molecule has 1 aromatic rings. The second-order valence-electron chi connectivity index (χ2n) is 4.34. The maximum atomic E-state index is 12.2. The fourth-order valence-corrected chi connectivity index (χ4v) is 2.37. The molecule has 0 saturated heterocycles. The molecule has 4 nitrogen and oxygen atoms in total. The van der Waals surface area contributed by atoms with Crippen LogP contribution in [0.2, 0.25) is 0 Å². The molecule has 0 saturated carbocycles. The van der Waals surface area contributed by atoms with Gasteiger partial charge in [-0.1, -0.05) is 12.7 Å². The summed E-state index contributed by atoms with van der Waals surface area (Å²) in [5.74, 6) is 0.134. The fraction of sp³-hybridized carbons (Fsp3) is 0.200. The first-order valence-corrected chi connectivity index (χ1v) is 6.98. The first kappa shape index (κ1) is 15.3. The summed E-state index contributed by atoms with van der Waals surface area (Å²) in [7, 11) is 0. The molecule has 6 heteroatoms. The minimum Gasteiger partial charge on any atom is -0.490 e. The van der Waals surface area contributed by atoms with E-state index >= 15 is 0 Å². The van der Waals surface area contributed by atoms with Gasteiger partial charge in [0.25, 0.3) is 0 Å². The van der Waals surface area contributed by atoms with Crippen LogP contribution in [0, 0.1) is 11.3 Å². The van der Waals surface area contributed by atoms with Gasteiger partial charge >= 0.3 is 0 Å². The maximum absolute atomic E-state index is 12.2. The molecule has 1 N–H and O–H groups in total. The highest BCUT2D eigenvalue weighted by Crippen LogP contribution is 2.34. The molecule has 108 valence electrons. The zero-order valence-electron chi connectivity index (χ0n) is 11.1. The third-order valence-corrected chi connectivity index (χ3v) is 3.56. The number of halogens is 2. The average molecular weight is 351 g/mol. The molecule has 1 heterocycles. The molecular formula is C15H12BrFN2O2. The van der Waals surface area contributed by atoms with Crippen LogP contribution in [0.5, 0.6) is 5.75 Å². The Morgan fingerprint density at radius 3 is 3.00 bits per heavy atom. The molecule has 1 aromatic carbocycles. The summed E-state index contributed by atoms with van der Waals surface area (Å²) < 4.78 is 18.1. The Hall–Kier alpha value is -2.13. The molecule has 0 radical (unpaired) electrons. The topological polar surface area (TPSA) is 62.1 Å². The van der Waals surface area contributed by atoms with Crippen LogP contribution in [-0.2, 0) is 11.2 Å². The van der Waals surface area contributed by atoms with Crippen molar-refractivity contribution in [3.63, 3.8) is 0 Å². The van der Waals surface area contributed by atoms with Crippen molar-refractivity contribution in [2.45, 2.75) is 6.42 Å². The van der Waals surface area contributed by atoms with Crippen molar-refractivity contribution in [3.8, 4) is 11.8 Å². The number of hydrogen-bond donors (Lipinski definition) is 1. The van der Waals surface area contributed by atoms with Crippen LogP contribution in [0.25, 0.3) is 0 Å². The minimum absolute atomic E-state index is 0.00756. The Morgan fingerprint density at radius 2 is 2.33 bits per heavy atom. The van der Waals surface area contributed by atoms with E-state index in [9.17, 15) is 9.18 Å². The lowest BCUT2D eigenvalue weighted by Gasteiger charge is -2.20. The van der Waals surface area contributed by atoms with E-state index in [1.165, 1.54) is 0 Å². The van der Waals surface area contributed by atoms with Crippen molar-refractivity contribution in [2.75, 3.05) is 18.6 Å². The normalized spacial score (nSPS) is 12.5. The van der Waals surface area contributed by atoms with Crippen LogP contribution >= 0.6 is 15.9 Å². The van der Waals surface area contributed by atoms with Crippen LogP contribution in [0.1, 0.15) is 5.56 Å². The minimum atomic E-state index is -0.559. The number of Topliss-reactive ketones (excluding diaryl/α,β-unsaturated/α-hetero) is 1. The second kappa shape index (κ2) is 6.55. The Kier molecular flexibility index (Phi) is 4.76. The van der Waals surface area contributed by atoms with E-state index in [0.29, 0.717) is 22.3 Å². The summed E-state index contributed by atoms with van der Waals surface area (Å²) in [5, 5.41) is 11.7. The van der Waals surface area contributed by atoms with E-state index in [-0.39, 0.29) is 12.2 Å². The Balaban J connectivity index is 2.23. The lowest BCUT2D eigenvalue weighted by molar-refractivity contribution is -0.111. The number of anilines is 1. The number of nitriles is 1. The first-order chi connectivity index (χ1) is 10.1. The van der Waals surface area contributed by atoms with E-state index in [4.69, 9.17) is 10.00 Å². The van der Waals surface area contributed by atoms with E-state index < -0.39 is 12.5 Å². The van der Waals surface area contributed by atoms with Gasteiger partial charge in [0, 0.05) is 5.69 Å². The predicted octanol–water partition coefficient (Wildman–Crippen LogP) is 3.30. The standard InChI is InChI=1S/C15H12BrFN2O2/c1-9(8-18)15(20)12-3-2-10-6-14(21-5-4-17)11(16)7-13(10)19-12/h3,6-7,19H,1-2,4-5H2.